The lowest BCUT2D eigenvalue weighted by Crippen LogP contribution is -2.38. The van der Waals surface area contributed by atoms with Gasteiger partial charge in [-0.05, 0) is 30.0 Å². The van der Waals surface area contributed by atoms with E-state index in [1.54, 1.807) is 23.0 Å². The summed E-state index contributed by atoms with van der Waals surface area (Å²) in [5.74, 6) is 0.511. The van der Waals surface area contributed by atoms with Gasteiger partial charge >= 0.3 is 6.18 Å². The zero-order valence-electron chi connectivity index (χ0n) is 18.2. The van der Waals surface area contributed by atoms with Crippen molar-refractivity contribution in [2.45, 2.75) is 56.2 Å². The van der Waals surface area contributed by atoms with Gasteiger partial charge in [-0.3, -0.25) is 9.36 Å². The highest BCUT2D eigenvalue weighted by atomic mass is 32.2. The number of hydrogen-bond donors (Lipinski definition) is 1. The third-order valence-electron chi connectivity index (χ3n) is 4.73. The Hall–Kier alpha value is -2.75. The Morgan fingerprint density at radius 2 is 1.84 bits per heavy atom. The number of carbonyl (C=O) groups is 1. The van der Waals surface area contributed by atoms with E-state index in [2.05, 4.69) is 31.0 Å². The van der Waals surface area contributed by atoms with Crippen molar-refractivity contribution in [2.24, 2.45) is 0 Å². The monoisotopic (exact) mass is 466 g/mol. The molecule has 0 saturated heterocycles. The van der Waals surface area contributed by atoms with Crippen LogP contribution in [0.4, 0.5) is 13.2 Å². The highest BCUT2D eigenvalue weighted by molar-refractivity contribution is 8.00. The van der Waals surface area contributed by atoms with Crippen molar-refractivity contribution in [2.75, 3.05) is 6.54 Å². The molecule has 0 aliphatic heterocycles. The average molecular weight is 467 g/mol. The van der Waals surface area contributed by atoms with Crippen LogP contribution in [0.25, 0.3) is 11.4 Å². The molecule has 3 rings (SSSR count). The van der Waals surface area contributed by atoms with Crippen LogP contribution in [-0.4, -0.2) is 38.6 Å². The smallest absolute Gasteiger partial charge is 0.405 e. The number of carbonyl (C=O) groups excluding carboxylic acids is 1. The molecule has 0 spiro atoms. The van der Waals surface area contributed by atoms with E-state index >= 15 is 0 Å². The molecule has 1 amide bonds. The van der Waals surface area contributed by atoms with Gasteiger partial charge in [0.1, 0.15) is 12.3 Å². The Bertz CT molecular complexity index is 1040. The van der Waals surface area contributed by atoms with Crippen LogP contribution in [0.3, 0.4) is 0 Å². The topological polar surface area (TPSA) is 73.0 Å². The van der Waals surface area contributed by atoms with E-state index in [0.29, 0.717) is 23.3 Å². The molecular formula is C22H25F3N4O2S. The fourth-order valence-corrected chi connectivity index (χ4v) is 3.83. The molecule has 0 radical (unpaired) electrons. The van der Waals surface area contributed by atoms with Gasteiger partial charge in [0.25, 0.3) is 0 Å². The van der Waals surface area contributed by atoms with Crippen molar-refractivity contribution in [3.05, 3.63) is 54.0 Å². The normalized spacial score (nSPS) is 13.2. The minimum absolute atomic E-state index is 0.000587. The van der Waals surface area contributed by atoms with Gasteiger partial charge in [0.05, 0.1) is 18.1 Å². The molecule has 0 aliphatic rings. The maximum atomic E-state index is 12.4. The van der Waals surface area contributed by atoms with Crippen LogP contribution in [0.1, 0.15) is 39.0 Å². The average Bonchev–Trinajstić information content (AvgIpc) is 3.36. The highest BCUT2D eigenvalue weighted by Crippen LogP contribution is 2.30. The summed E-state index contributed by atoms with van der Waals surface area (Å²) in [7, 11) is 0. The molecule has 3 aromatic rings. The molecule has 2 heterocycles. The van der Waals surface area contributed by atoms with Crippen LogP contribution in [0, 0.1) is 0 Å². The number of alkyl halides is 3. The molecule has 1 aromatic carbocycles. The van der Waals surface area contributed by atoms with Crippen molar-refractivity contribution >= 4 is 17.7 Å². The van der Waals surface area contributed by atoms with Gasteiger partial charge in [-0.2, -0.15) is 13.2 Å². The summed E-state index contributed by atoms with van der Waals surface area (Å²) in [6.45, 7) is 6.85. The van der Waals surface area contributed by atoms with Gasteiger partial charge in [-0.1, -0.05) is 56.8 Å². The number of amides is 1. The number of halogens is 3. The Morgan fingerprint density at radius 3 is 2.41 bits per heavy atom. The van der Waals surface area contributed by atoms with Gasteiger partial charge in [-0.25, -0.2) is 0 Å². The summed E-state index contributed by atoms with van der Waals surface area (Å²) in [5, 5.41) is 10.0. The number of nitrogens with zero attached hydrogens (tertiary/aromatic N) is 3. The molecule has 10 heteroatoms. The van der Waals surface area contributed by atoms with Crippen LogP contribution < -0.4 is 5.32 Å². The van der Waals surface area contributed by atoms with E-state index in [1.165, 1.54) is 12.5 Å². The van der Waals surface area contributed by atoms with E-state index in [-0.39, 0.29) is 5.41 Å². The predicted molar refractivity (Wildman–Crippen MR) is 116 cm³/mol. The van der Waals surface area contributed by atoms with E-state index < -0.39 is 23.9 Å². The van der Waals surface area contributed by atoms with Gasteiger partial charge in [-0.15, -0.1) is 10.2 Å². The molecule has 2 aromatic heterocycles. The molecule has 0 aliphatic carbocycles. The van der Waals surface area contributed by atoms with Crippen LogP contribution >= 0.6 is 11.8 Å². The molecular weight excluding hydrogens is 441 g/mol. The SMILES string of the molecule is CC(Sc1nnc(-c2ccc(C(C)(C)C)cc2)n1Cc1ccco1)C(=O)NCC(F)(F)F. The van der Waals surface area contributed by atoms with Crippen LogP contribution in [0.5, 0.6) is 0 Å². The molecule has 0 saturated carbocycles. The summed E-state index contributed by atoms with van der Waals surface area (Å²) in [6.07, 6.45) is -2.91. The maximum Gasteiger partial charge on any atom is 0.405 e. The molecule has 172 valence electrons. The zero-order chi connectivity index (χ0) is 23.5. The summed E-state index contributed by atoms with van der Waals surface area (Å²) in [6, 6.07) is 11.5. The number of benzene rings is 1. The fourth-order valence-electron chi connectivity index (χ4n) is 2.95. The summed E-state index contributed by atoms with van der Waals surface area (Å²) in [4.78, 5) is 12.1. The lowest BCUT2D eigenvalue weighted by Gasteiger charge is -2.19. The van der Waals surface area contributed by atoms with E-state index in [0.717, 1.165) is 17.3 Å². The Morgan fingerprint density at radius 1 is 1.16 bits per heavy atom. The number of thioether (sulfide) groups is 1. The van der Waals surface area contributed by atoms with Crippen LogP contribution in [0.15, 0.2) is 52.2 Å². The largest absolute Gasteiger partial charge is 0.467 e. The molecule has 32 heavy (non-hydrogen) atoms. The molecule has 1 N–H and O–H groups in total. The quantitative estimate of drug-likeness (QED) is 0.494. The Kier molecular flexibility index (Phi) is 7.02. The molecule has 0 fully saturated rings. The van der Waals surface area contributed by atoms with E-state index in [9.17, 15) is 18.0 Å². The number of aromatic nitrogens is 3. The summed E-state index contributed by atoms with van der Waals surface area (Å²) >= 11 is 1.04. The van der Waals surface area contributed by atoms with Gasteiger partial charge in [0.2, 0.25) is 5.91 Å². The Balaban J connectivity index is 1.87. The van der Waals surface area contributed by atoms with Crippen molar-refractivity contribution in [1.29, 1.82) is 0 Å². The number of furan rings is 1. The third-order valence-corrected chi connectivity index (χ3v) is 5.81. The lowest BCUT2D eigenvalue weighted by molar-refractivity contribution is -0.137. The summed E-state index contributed by atoms with van der Waals surface area (Å²) < 4.78 is 44.5. The third kappa shape index (κ3) is 6.15. The van der Waals surface area contributed by atoms with Crippen molar-refractivity contribution in [3.8, 4) is 11.4 Å². The molecule has 6 nitrogen and oxygen atoms in total. The summed E-state index contributed by atoms with van der Waals surface area (Å²) in [5.41, 5.74) is 2.00. The molecule has 1 unspecified atom stereocenters. The number of nitrogens with one attached hydrogen (secondary N) is 1. The fraction of sp³-hybridized carbons (Fsp3) is 0.409. The van der Waals surface area contributed by atoms with Crippen molar-refractivity contribution in [1.82, 2.24) is 20.1 Å². The van der Waals surface area contributed by atoms with Crippen LogP contribution in [0.2, 0.25) is 0 Å². The minimum atomic E-state index is -4.47. The predicted octanol–water partition coefficient (Wildman–Crippen LogP) is 5.04. The Labute approximate surface area is 188 Å². The minimum Gasteiger partial charge on any atom is -0.467 e. The van der Waals surface area contributed by atoms with Crippen molar-refractivity contribution in [3.63, 3.8) is 0 Å². The molecule has 1 atom stereocenters. The van der Waals surface area contributed by atoms with Crippen molar-refractivity contribution < 1.29 is 22.4 Å². The number of rotatable bonds is 7. The standard InChI is InChI=1S/C22H25F3N4O2S/c1-14(19(30)26-13-22(23,24)25)32-20-28-27-18(29(20)12-17-6-5-11-31-17)15-7-9-16(10-8-15)21(2,3)4/h5-11,14H,12-13H2,1-4H3,(H,26,30). The van der Waals surface area contributed by atoms with E-state index in [4.69, 9.17) is 4.42 Å². The zero-order valence-corrected chi connectivity index (χ0v) is 19.0. The number of hydrogen-bond acceptors (Lipinski definition) is 5. The lowest BCUT2D eigenvalue weighted by atomic mass is 9.87. The molecule has 0 bridgehead atoms. The van der Waals surface area contributed by atoms with E-state index in [1.807, 2.05) is 29.6 Å². The van der Waals surface area contributed by atoms with Crippen LogP contribution in [-0.2, 0) is 16.8 Å². The van der Waals surface area contributed by atoms with Gasteiger partial charge in [0.15, 0.2) is 11.0 Å². The first-order valence-electron chi connectivity index (χ1n) is 10.0. The second kappa shape index (κ2) is 9.40. The first-order valence-corrected chi connectivity index (χ1v) is 10.9. The van der Waals surface area contributed by atoms with Gasteiger partial charge < -0.3 is 9.73 Å². The maximum absolute atomic E-state index is 12.4. The second-order valence-electron chi connectivity index (χ2n) is 8.39. The van der Waals surface area contributed by atoms with Gasteiger partial charge in [0, 0.05) is 5.56 Å². The second-order valence-corrected chi connectivity index (χ2v) is 9.70. The first kappa shape index (κ1) is 23.9. The highest BCUT2D eigenvalue weighted by Gasteiger charge is 2.29. The first-order chi connectivity index (χ1) is 14.9.